The van der Waals surface area contributed by atoms with Crippen molar-refractivity contribution in [3.05, 3.63) is 17.2 Å². The Bertz CT molecular complexity index is 492. The van der Waals surface area contributed by atoms with Gasteiger partial charge in [0.15, 0.2) is 0 Å². The predicted octanol–water partition coefficient (Wildman–Crippen LogP) is 1.70. The van der Waals surface area contributed by atoms with E-state index in [4.69, 9.17) is 26.2 Å². The van der Waals surface area contributed by atoms with Crippen LogP contribution in [0.3, 0.4) is 0 Å². The zero-order valence-corrected chi connectivity index (χ0v) is 11.6. The smallest absolute Gasteiger partial charge is 0.227 e. The Morgan fingerprint density at radius 3 is 2.58 bits per heavy atom. The predicted molar refractivity (Wildman–Crippen MR) is 72.1 cm³/mol. The number of aliphatic hydroxyl groups excluding tert-OH is 1. The summed E-state index contributed by atoms with van der Waals surface area (Å²) < 4.78 is 10.4. The Hall–Kier alpha value is -1.46. The molecule has 1 saturated heterocycles. The van der Waals surface area contributed by atoms with Crippen molar-refractivity contribution in [3.8, 4) is 11.5 Å². The van der Waals surface area contributed by atoms with Gasteiger partial charge in [0.2, 0.25) is 5.91 Å². The van der Waals surface area contributed by atoms with Gasteiger partial charge >= 0.3 is 0 Å². The fourth-order valence-corrected chi connectivity index (χ4v) is 2.42. The number of nitrogens with zero attached hydrogens (tertiary/aromatic N) is 1. The van der Waals surface area contributed by atoms with Crippen LogP contribution in [0.1, 0.15) is 6.42 Å². The molecule has 2 rings (SSSR count). The molecule has 1 fully saturated rings. The quantitative estimate of drug-likeness (QED) is 0.915. The fraction of sp³-hybridized carbons (Fsp3) is 0.462. The maximum atomic E-state index is 12.0. The van der Waals surface area contributed by atoms with Crippen LogP contribution in [0.15, 0.2) is 12.1 Å². The second kappa shape index (κ2) is 5.67. The minimum absolute atomic E-state index is 0.00468. The summed E-state index contributed by atoms with van der Waals surface area (Å²) in [4.78, 5) is 13.6. The van der Waals surface area contributed by atoms with Crippen LogP contribution in [-0.4, -0.2) is 38.4 Å². The monoisotopic (exact) mass is 285 g/mol. The number of halogens is 1. The zero-order valence-electron chi connectivity index (χ0n) is 10.9. The molecule has 19 heavy (non-hydrogen) atoms. The Morgan fingerprint density at radius 1 is 1.37 bits per heavy atom. The van der Waals surface area contributed by atoms with Crippen LogP contribution in [0.4, 0.5) is 5.69 Å². The summed E-state index contributed by atoms with van der Waals surface area (Å²) in [6.45, 7) is 0.464. The number of aliphatic hydroxyl groups is 1. The van der Waals surface area contributed by atoms with Gasteiger partial charge in [0.25, 0.3) is 0 Å². The molecule has 0 bridgehead atoms. The third-order valence-corrected chi connectivity index (χ3v) is 3.50. The van der Waals surface area contributed by atoms with Gasteiger partial charge in [-0.2, -0.15) is 0 Å². The van der Waals surface area contributed by atoms with Gasteiger partial charge in [0.1, 0.15) is 11.5 Å². The minimum Gasteiger partial charge on any atom is -0.495 e. The number of hydrogen-bond donors (Lipinski definition) is 1. The highest BCUT2D eigenvalue weighted by atomic mass is 35.5. The van der Waals surface area contributed by atoms with E-state index in [-0.39, 0.29) is 18.4 Å². The van der Waals surface area contributed by atoms with Gasteiger partial charge < -0.3 is 19.5 Å². The van der Waals surface area contributed by atoms with Crippen molar-refractivity contribution in [3.63, 3.8) is 0 Å². The normalized spacial score (nSPS) is 18.8. The molecule has 0 aromatic heterocycles. The first-order valence-corrected chi connectivity index (χ1v) is 6.31. The fourth-order valence-electron chi connectivity index (χ4n) is 2.19. The molecule has 1 atom stereocenters. The maximum absolute atomic E-state index is 12.0. The molecule has 1 aliphatic heterocycles. The van der Waals surface area contributed by atoms with E-state index >= 15 is 0 Å². The van der Waals surface area contributed by atoms with Crippen LogP contribution >= 0.6 is 11.6 Å². The molecule has 1 amide bonds. The van der Waals surface area contributed by atoms with Gasteiger partial charge in [0, 0.05) is 37.6 Å². The minimum atomic E-state index is -0.0427. The molecule has 5 nitrogen and oxygen atoms in total. The number of anilines is 1. The second-order valence-corrected chi connectivity index (χ2v) is 4.82. The molecule has 0 spiro atoms. The van der Waals surface area contributed by atoms with Gasteiger partial charge in [-0.25, -0.2) is 0 Å². The molecule has 6 heteroatoms. The lowest BCUT2D eigenvalue weighted by molar-refractivity contribution is -0.117. The Balaban J connectivity index is 2.40. The van der Waals surface area contributed by atoms with Gasteiger partial charge in [-0.15, -0.1) is 0 Å². The maximum Gasteiger partial charge on any atom is 0.227 e. The lowest BCUT2D eigenvalue weighted by Crippen LogP contribution is -2.25. The van der Waals surface area contributed by atoms with Crippen molar-refractivity contribution in [1.82, 2.24) is 0 Å². The Kier molecular flexibility index (Phi) is 4.17. The molecule has 0 saturated carbocycles. The van der Waals surface area contributed by atoms with E-state index in [1.54, 1.807) is 17.0 Å². The van der Waals surface area contributed by atoms with Crippen molar-refractivity contribution in [2.45, 2.75) is 6.42 Å². The molecule has 1 aliphatic rings. The summed E-state index contributed by atoms with van der Waals surface area (Å²) in [6, 6.07) is 3.30. The lowest BCUT2D eigenvalue weighted by Gasteiger charge is -2.20. The van der Waals surface area contributed by atoms with Crippen LogP contribution in [0.2, 0.25) is 5.02 Å². The number of hydrogen-bond acceptors (Lipinski definition) is 4. The molecule has 1 aromatic carbocycles. The van der Waals surface area contributed by atoms with Crippen molar-refractivity contribution in [2.24, 2.45) is 5.92 Å². The number of amides is 1. The highest BCUT2D eigenvalue weighted by Gasteiger charge is 2.32. The van der Waals surface area contributed by atoms with Crippen molar-refractivity contribution in [2.75, 3.05) is 32.3 Å². The molecule has 1 unspecified atom stereocenters. The number of carbonyl (C=O) groups is 1. The molecule has 0 radical (unpaired) electrons. The summed E-state index contributed by atoms with van der Waals surface area (Å²) in [5.41, 5.74) is 0.615. The average molecular weight is 286 g/mol. The number of carbonyl (C=O) groups excluding carboxylic acids is 1. The highest BCUT2D eigenvalue weighted by molar-refractivity contribution is 6.32. The van der Waals surface area contributed by atoms with Crippen LogP contribution in [0, 0.1) is 5.92 Å². The Morgan fingerprint density at radius 2 is 2.05 bits per heavy atom. The molecular formula is C13H16ClNO4. The summed E-state index contributed by atoms with van der Waals surface area (Å²) >= 11 is 6.03. The number of methoxy groups -OCH3 is 2. The van der Waals surface area contributed by atoms with Crippen molar-refractivity contribution in [1.29, 1.82) is 0 Å². The van der Waals surface area contributed by atoms with E-state index in [1.807, 2.05) is 0 Å². The standard InChI is InChI=1S/C13H16ClNO4/c1-18-11-5-10(12(19-2)4-9(11)14)15-6-8(7-16)3-13(15)17/h4-5,8,16H,3,6-7H2,1-2H3. The highest BCUT2D eigenvalue weighted by Crippen LogP contribution is 2.40. The number of rotatable bonds is 4. The van der Waals surface area contributed by atoms with Gasteiger partial charge in [-0.1, -0.05) is 11.6 Å². The van der Waals surface area contributed by atoms with Crippen LogP contribution in [0.5, 0.6) is 11.5 Å². The van der Waals surface area contributed by atoms with Crippen LogP contribution < -0.4 is 14.4 Å². The van der Waals surface area contributed by atoms with Gasteiger partial charge in [-0.05, 0) is 0 Å². The van der Waals surface area contributed by atoms with Crippen LogP contribution in [0.25, 0.3) is 0 Å². The second-order valence-electron chi connectivity index (χ2n) is 4.42. The Labute approximate surface area is 116 Å². The van der Waals surface area contributed by atoms with Crippen LogP contribution in [-0.2, 0) is 4.79 Å². The lowest BCUT2D eigenvalue weighted by atomic mass is 10.1. The molecule has 1 N–H and O–H groups in total. The first kappa shape index (κ1) is 14.0. The average Bonchev–Trinajstić information content (AvgIpc) is 2.79. The van der Waals surface area contributed by atoms with Gasteiger partial charge in [-0.3, -0.25) is 4.79 Å². The van der Waals surface area contributed by atoms with E-state index in [0.29, 0.717) is 35.2 Å². The summed E-state index contributed by atoms with van der Waals surface area (Å²) in [5.74, 6) is 0.913. The topological polar surface area (TPSA) is 59.0 Å². The van der Waals surface area contributed by atoms with E-state index in [9.17, 15) is 4.79 Å². The zero-order chi connectivity index (χ0) is 14.0. The third-order valence-electron chi connectivity index (χ3n) is 3.21. The third kappa shape index (κ3) is 2.62. The largest absolute Gasteiger partial charge is 0.495 e. The first-order chi connectivity index (χ1) is 9.10. The van der Waals surface area contributed by atoms with Gasteiger partial charge in [0.05, 0.1) is 24.9 Å². The SMILES string of the molecule is COc1cc(N2CC(CO)CC2=O)c(OC)cc1Cl. The summed E-state index contributed by atoms with van der Waals surface area (Å²) in [5, 5.41) is 9.59. The number of ether oxygens (including phenoxy) is 2. The summed E-state index contributed by atoms with van der Waals surface area (Å²) in [7, 11) is 3.03. The van der Waals surface area contributed by atoms with Crippen molar-refractivity contribution >= 4 is 23.2 Å². The molecular weight excluding hydrogens is 270 g/mol. The molecule has 104 valence electrons. The van der Waals surface area contributed by atoms with Crippen molar-refractivity contribution < 1.29 is 19.4 Å². The van der Waals surface area contributed by atoms with E-state index in [1.165, 1.54) is 14.2 Å². The summed E-state index contributed by atoms with van der Waals surface area (Å²) in [6.07, 6.45) is 0.338. The molecule has 1 aromatic rings. The first-order valence-electron chi connectivity index (χ1n) is 5.93. The molecule has 1 heterocycles. The van der Waals surface area contributed by atoms with E-state index in [2.05, 4.69) is 0 Å². The van der Waals surface area contributed by atoms with E-state index in [0.717, 1.165) is 0 Å². The van der Waals surface area contributed by atoms with E-state index < -0.39 is 0 Å². The number of benzene rings is 1. The molecule has 0 aliphatic carbocycles.